The van der Waals surface area contributed by atoms with Crippen LogP contribution in [0.2, 0.25) is 5.02 Å². The minimum Gasteiger partial charge on any atom is -0.455 e. The van der Waals surface area contributed by atoms with E-state index >= 15 is 0 Å². The first-order valence-electron chi connectivity index (χ1n) is 10.6. The van der Waals surface area contributed by atoms with Crippen LogP contribution in [0.5, 0.6) is 0 Å². The fraction of sp³-hybridized carbons (Fsp3) is 0.115. The summed E-state index contributed by atoms with van der Waals surface area (Å²) in [7, 11) is 0. The molecule has 2 aromatic carbocycles. The smallest absolute Gasteiger partial charge is 0.253 e. The van der Waals surface area contributed by atoms with Gasteiger partial charge < -0.3 is 4.42 Å². The Morgan fingerprint density at radius 2 is 2.03 bits per heavy atom. The summed E-state index contributed by atoms with van der Waals surface area (Å²) in [4.78, 5) is 3.38. The van der Waals surface area contributed by atoms with Crippen molar-refractivity contribution in [2.24, 2.45) is 5.10 Å². The van der Waals surface area contributed by atoms with Crippen molar-refractivity contribution < 1.29 is 8.82 Å². The van der Waals surface area contributed by atoms with Crippen molar-refractivity contribution in [3.63, 3.8) is 0 Å². The maximum atomic E-state index is 9.84. The third-order valence-electron chi connectivity index (χ3n) is 5.76. The van der Waals surface area contributed by atoms with E-state index in [-0.39, 0.29) is 0 Å². The Kier molecular flexibility index (Phi) is 5.33. The molecule has 0 spiro atoms. The molecule has 0 aliphatic rings. The number of fused-ring (bicyclic) bond motifs is 3. The zero-order chi connectivity index (χ0) is 22.9. The van der Waals surface area contributed by atoms with Crippen LogP contribution in [0.15, 0.2) is 70.2 Å². The molecular weight excluding hydrogens is 434 g/mol. The summed E-state index contributed by atoms with van der Waals surface area (Å²) in [5, 5.41) is 15.0. The van der Waals surface area contributed by atoms with E-state index in [2.05, 4.69) is 28.5 Å². The van der Waals surface area contributed by atoms with E-state index in [9.17, 15) is 5.26 Å². The molecule has 0 amide bonds. The number of H-pyrrole nitrogens is 1. The lowest BCUT2D eigenvalue weighted by molar-refractivity contribution is -0.465. The monoisotopic (exact) mass is 454 g/mol. The Balaban J connectivity index is 1.56. The number of nitrogens with one attached hydrogen (secondary N) is 2. The van der Waals surface area contributed by atoms with Crippen LogP contribution in [0.25, 0.3) is 28.0 Å². The molecule has 2 N–H and O–H groups in total. The van der Waals surface area contributed by atoms with Crippen LogP contribution in [0.3, 0.4) is 0 Å². The first-order valence-corrected chi connectivity index (χ1v) is 11.0. The standard InChI is InChI=1S/C26H20ClN5O/c1-3-20-16(2)21(14-28)25-30-22-9-4-5-10-23(22)32(25)26(20)31-29-15-19-11-12-24(33-19)17-7-6-8-18(27)13-17/h4-13,15H,3H2,1-2H3,(H,30,31)/p+1. The second kappa shape index (κ2) is 8.45. The highest BCUT2D eigenvalue weighted by molar-refractivity contribution is 6.30. The van der Waals surface area contributed by atoms with Gasteiger partial charge in [-0.15, -0.1) is 5.10 Å². The van der Waals surface area contributed by atoms with Gasteiger partial charge in [-0.1, -0.05) is 42.8 Å². The number of nitriles is 1. The van der Waals surface area contributed by atoms with Crippen LogP contribution < -0.4 is 9.83 Å². The SMILES string of the molecule is CCc1c(C)c(C#N)c2[nH]c3ccccc3[n+]2c1NN=Cc1ccc(-c2cccc(Cl)c2)o1. The van der Waals surface area contributed by atoms with E-state index in [4.69, 9.17) is 16.0 Å². The number of pyridine rings is 1. The normalized spacial score (nSPS) is 11.5. The molecule has 0 bridgehead atoms. The van der Waals surface area contributed by atoms with Crippen molar-refractivity contribution in [3.05, 3.63) is 88.1 Å². The predicted octanol–water partition coefficient (Wildman–Crippen LogP) is 6.01. The van der Waals surface area contributed by atoms with Gasteiger partial charge >= 0.3 is 0 Å². The summed E-state index contributed by atoms with van der Waals surface area (Å²) in [6.45, 7) is 4.05. The summed E-state index contributed by atoms with van der Waals surface area (Å²) in [6, 6.07) is 21.6. The molecule has 5 aromatic rings. The number of para-hydroxylation sites is 2. The number of hydrazone groups is 1. The van der Waals surface area contributed by atoms with Gasteiger partial charge in [-0.3, -0.25) is 4.98 Å². The molecule has 0 atom stereocenters. The molecule has 7 heteroatoms. The summed E-state index contributed by atoms with van der Waals surface area (Å²) < 4.78 is 7.94. The number of rotatable bonds is 5. The van der Waals surface area contributed by atoms with Crippen LogP contribution in [-0.4, -0.2) is 11.2 Å². The lowest BCUT2D eigenvalue weighted by Gasteiger charge is -2.10. The van der Waals surface area contributed by atoms with Crippen LogP contribution in [0.4, 0.5) is 5.82 Å². The summed E-state index contributed by atoms with van der Waals surface area (Å²) in [5.74, 6) is 2.15. The highest BCUT2D eigenvalue weighted by atomic mass is 35.5. The van der Waals surface area contributed by atoms with Gasteiger partial charge in [0.05, 0.1) is 0 Å². The Morgan fingerprint density at radius 3 is 2.82 bits per heavy atom. The van der Waals surface area contributed by atoms with E-state index < -0.39 is 0 Å². The maximum Gasteiger partial charge on any atom is 0.253 e. The van der Waals surface area contributed by atoms with Crippen molar-refractivity contribution >= 4 is 40.3 Å². The Morgan fingerprint density at radius 1 is 1.18 bits per heavy atom. The fourth-order valence-electron chi connectivity index (χ4n) is 4.19. The molecular formula is C26H21ClN5O+. The lowest BCUT2D eigenvalue weighted by atomic mass is 10.0. The van der Waals surface area contributed by atoms with Gasteiger partial charge in [-0.05, 0) is 55.3 Å². The highest BCUT2D eigenvalue weighted by Crippen LogP contribution is 2.26. The highest BCUT2D eigenvalue weighted by Gasteiger charge is 2.24. The quantitative estimate of drug-likeness (QED) is 0.194. The van der Waals surface area contributed by atoms with Crippen molar-refractivity contribution in [1.29, 1.82) is 5.26 Å². The number of halogens is 1. The van der Waals surface area contributed by atoms with Crippen molar-refractivity contribution in [2.45, 2.75) is 20.3 Å². The lowest BCUT2D eigenvalue weighted by Crippen LogP contribution is -2.28. The second-order valence-electron chi connectivity index (χ2n) is 7.70. The number of benzene rings is 2. The molecule has 5 rings (SSSR count). The van der Waals surface area contributed by atoms with E-state index in [1.165, 1.54) is 0 Å². The minimum atomic E-state index is 0.612. The topological polar surface area (TPSA) is 81.2 Å². The molecule has 3 heterocycles. The number of imidazole rings is 1. The summed E-state index contributed by atoms with van der Waals surface area (Å²) in [6.07, 6.45) is 2.39. The van der Waals surface area contributed by atoms with Crippen molar-refractivity contribution in [3.8, 4) is 17.4 Å². The van der Waals surface area contributed by atoms with Gasteiger partial charge in [-0.2, -0.15) is 15.1 Å². The van der Waals surface area contributed by atoms with Gasteiger partial charge in [0, 0.05) is 16.1 Å². The van der Waals surface area contributed by atoms with Crippen molar-refractivity contribution in [2.75, 3.05) is 5.43 Å². The molecule has 33 heavy (non-hydrogen) atoms. The molecule has 162 valence electrons. The van der Waals surface area contributed by atoms with Crippen molar-refractivity contribution in [1.82, 2.24) is 4.98 Å². The zero-order valence-corrected chi connectivity index (χ0v) is 18.9. The molecule has 0 aliphatic carbocycles. The zero-order valence-electron chi connectivity index (χ0n) is 18.2. The Bertz CT molecular complexity index is 1570. The van der Waals surface area contributed by atoms with Gasteiger partial charge in [0.15, 0.2) is 0 Å². The van der Waals surface area contributed by atoms with E-state index in [0.29, 0.717) is 16.3 Å². The van der Waals surface area contributed by atoms with E-state index in [0.717, 1.165) is 51.4 Å². The Hall–Kier alpha value is -4.08. The van der Waals surface area contributed by atoms with Crippen LogP contribution in [0, 0.1) is 18.3 Å². The van der Waals surface area contributed by atoms with Crippen LogP contribution in [-0.2, 0) is 6.42 Å². The number of aromatic nitrogens is 2. The molecule has 0 saturated heterocycles. The number of furan rings is 1. The third-order valence-corrected chi connectivity index (χ3v) is 5.99. The van der Waals surface area contributed by atoms with Crippen LogP contribution in [0.1, 0.15) is 29.4 Å². The number of hydrogen-bond donors (Lipinski definition) is 2. The fourth-order valence-corrected chi connectivity index (χ4v) is 4.38. The third kappa shape index (κ3) is 3.63. The molecule has 6 nitrogen and oxygen atoms in total. The molecule has 0 saturated carbocycles. The van der Waals surface area contributed by atoms with E-state index in [1.807, 2.05) is 72.0 Å². The summed E-state index contributed by atoms with van der Waals surface area (Å²) >= 11 is 6.09. The molecule has 0 radical (unpaired) electrons. The first-order chi connectivity index (χ1) is 16.1. The molecule has 3 aromatic heterocycles. The molecule has 0 unspecified atom stereocenters. The van der Waals surface area contributed by atoms with Crippen LogP contribution >= 0.6 is 11.6 Å². The number of anilines is 1. The van der Waals surface area contributed by atoms with E-state index in [1.54, 1.807) is 6.21 Å². The average molecular weight is 455 g/mol. The number of hydrogen-bond acceptors (Lipinski definition) is 4. The number of aromatic amines is 1. The van der Waals surface area contributed by atoms with Gasteiger partial charge in [0.2, 0.25) is 5.65 Å². The minimum absolute atomic E-state index is 0.612. The molecule has 0 aliphatic heterocycles. The first kappa shape index (κ1) is 20.8. The van der Waals surface area contributed by atoms with Gasteiger partial charge in [0.1, 0.15) is 40.4 Å². The molecule has 0 fully saturated rings. The van der Waals surface area contributed by atoms with Gasteiger partial charge in [-0.25, -0.2) is 0 Å². The predicted molar refractivity (Wildman–Crippen MR) is 131 cm³/mol. The largest absolute Gasteiger partial charge is 0.455 e. The summed E-state index contributed by atoms with van der Waals surface area (Å²) in [5.41, 5.74) is 9.38. The second-order valence-corrected chi connectivity index (χ2v) is 8.14. The maximum absolute atomic E-state index is 9.84. The average Bonchev–Trinajstić information content (AvgIpc) is 3.44. The Labute approximate surface area is 195 Å². The van der Waals surface area contributed by atoms with Gasteiger partial charge in [0.25, 0.3) is 5.82 Å². The number of nitrogens with zero attached hydrogens (tertiary/aromatic N) is 3.